The van der Waals surface area contributed by atoms with Crippen LogP contribution in [0.4, 0.5) is 0 Å². The van der Waals surface area contributed by atoms with Crippen LogP contribution in [0.15, 0.2) is 34.8 Å². The van der Waals surface area contributed by atoms with Crippen molar-refractivity contribution in [3.63, 3.8) is 0 Å². The number of ether oxygens (including phenoxy) is 2. The Kier molecular flexibility index (Phi) is 4.91. The summed E-state index contributed by atoms with van der Waals surface area (Å²) in [6.45, 7) is 6.01. The van der Waals surface area contributed by atoms with Gasteiger partial charge in [0, 0.05) is 10.5 Å². The number of aryl methyl sites for hydroxylation is 2. The normalized spacial score (nSPS) is 12.1. The van der Waals surface area contributed by atoms with Crippen molar-refractivity contribution in [2.45, 2.75) is 26.8 Å². The van der Waals surface area contributed by atoms with Gasteiger partial charge in [0.2, 0.25) is 0 Å². The third-order valence-corrected chi connectivity index (χ3v) is 4.59. The molecule has 4 heteroatoms. The molecule has 3 nitrogen and oxygen atoms in total. The molecule has 1 atom stereocenters. The molecule has 0 heterocycles. The quantitative estimate of drug-likeness (QED) is 0.854. The van der Waals surface area contributed by atoms with Crippen LogP contribution in [0.2, 0.25) is 0 Å². The van der Waals surface area contributed by atoms with Crippen molar-refractivity contribution in [3.8, 4) is 17.2 Å². The molecular formula is C17H20BrNO2. The molecule has 0 aromatic heterocycles. The first-order valence-corrected chi connectivity index (χ1v) is 7.60. The summed E-state index contributed by atoms with van der Waals surface area (Å²) in [6, 6.07) is 9.54. The highest BCUT2D eigenvalue weighted by atomic mass is 79.9. The molecule has 0 fully saturated rings. The number of methoxy groups -OCH3 is 1. The minimum absolute atomic E-state index is 0.172. The maximum atomic E-state index is 6.06. The highest BCUT2D eigenvalue weighted by molar-refractivity contribution is 9.10. The van der Waals surface area contributed by atoms with E-state index in [9.17, 15) is 0 Å². The minimum Gasteiger partial charge on any atom is -0.496 e. The summed E-state index contributed by atoms with van der Waals surface area (Å²) < 4.78 is 12.5. The van der Waals surface area contributed by atoms with Crippen LogP contribution in [-0.4, -0.2) is 7.11 Å². The van der Waals surface area contributed by atoms with Gasteiger partial charge in [-0.05, 0) is 56.2 Å². The number of benzene rings is 2. The van der Waals surface area contributed by atoms with Crippen molar-refractivity contribution in [3.05, 3.63) is 51.5 Å². The number of halogens is 1. The molecule has 21 heavy (non-hydrogen) atoms. The fourth-order valence-corrected chi connectivity index (χ4v) is 2.56. The molecule has 1 unspecified atom stereocenters. The Morgan fingerprint density at radius 2 is 1.67 bits per heavy atom. The zero-order valence-electron chi connectivity index (χ0n) is 12.7. The third kappa shape index (κ3) is 3.39. The van der Waals surface area contributed by atoms with Gasteiger partial charge in [-0.3, -0.25) is 0 Å². The van der Waals surface area contributed by atoms with Gasteiger partial charge in [0.1, 0.15) is 17.2 Å². The highest BCUT2D eigenvalue weighted by Gasteiger charge is 2.15. The van der Waals surface area contributed by atoms with E-state index in [4.69, 9.17) is 15.2 Å². The van der Waals surface area contributed by atoms with E-state index in [0.29, 0.717) is 0 Å². The molecule has 0 spiro atoms. The van der Waals surface area contributed by atoms with Crippen LogP contribution in [-0.2, 0) is 0 Å². The molecule has 0 aliphatic carbocycles. The third-order valence-electron chi connectivity index (χ3n) is 3.34. The highest BCUT2D eigenvalue weighted by Crippen LogP contribution is 2.37. The van der Waals surface area contributed by atoms with E-state index in [0.717, 1.165) is 38.4 Å². The maximum Gasteiger partial charge on any atom is 0.135 e. The average Bonchev–Trinajstić information content (AvgIpc) is 2.44. The van der Waals surface area contributed by atoms with E-state index in [-0.39, 0.29) is 6.04 Å². The largest absolute Gasteiger partial charge is 0.496 e. The lowest BCUT2D eigenvalue weighted by atomic mass is 10.1. The van der Waals surface area contributed by atoms with Crippen molar-refractivity contribution in [1.82, 2.24) is 0 Å². The van der Waals surface area contributed by atoms with E-state index < -0.39 is 0 Å². The molecule has 0 amide bonds. The molecule has 112 valence electrons. The zero-order chi connectivity index (χ0) is 15.6. The smallest absolute Gasteiger partial charge is 0.135 e. The molecule has 2 N–H and O–H groups in total. The summed E-state index contributed by atoms with van der Waals surface area (Å²) in [5.41, 5.74) is 9.20. The van der Waals surface area contributed by atoms with Gasteiger partial charge in [0.05, 0.1) is 12.7 Å². The second-order valence-electron chi connectivity index (χ2n) is 5.13. The Labute approximate surface area is 134 Å². The number of hydrogen-bond donors (Lipinski definition) is 1. The van der Waals surface area contributed by atoms with Gasteiger partial charge in [0.15, 0.2) is 0 Å². The monoisotopic (exact) mass is 349 g/mol. The molecule has 2 aromatic rings. The second kappa shape index (κ2) is 6.50. The number of rotatable bonds is 4. The van der Waals surface area contributed by atoms with Crippen LogP contribution in [0, 0.1) is 13.8 Å². The van der Waals surface area contributed by atoms with Crippen molar-refractivity contribution < 1.29 is 9.47 Å². The standard InChI is InChI=1S/C17H20BrNO2/c1-10-8-13(9-11(2)17(10)18)21-15-7-5-6-14(20-4)16(15)12(3)19/h5-9,12H,19H2,1-4H3. The minimum atomic E-state index is -0.172. The predicted molar refractivity (Wildman–Crippen MR) is 89.3 cm³/mol. The van der Waals surface area contributed by atoms with E-state index in [1.165, 1.54) is 0 Å². The predicted octanol–water partition coefficient (Wildman–Crippen LogP) is 4.89. The second-order valence-corrected chi connectivity index (χ2v) is 5.93. The van der Waals surface area contributed by atoms with Gasteiger partial charge < -0.3 is 15.2 Å². The molecule has 0 saturated carbocycles. The van der Waals surface area contributed by atoms with E-state index in [1.54, 1.807) is 7.11 Å². The first-order chi connectivity index (χ1) is 9.93. The molecule has 2 aromatic carbocycles. The van der Waals surface area contributed by atoms with Gasteiger partial charge in [-0.15, -0.1) is 0 Å². The van der Waals surface area contributed by atoms with Crippen molar-refractivity contribution >= 4 is 15.9 Å². The van der Waals surface area contributed by atoms with Gasteiger partial charge in [-0.2, -0.15) is 0 Å². The molecule has 0 bridgehead atoms. The molecule has 0 aliphatic heterocycles. The number of hydrogen-bond acceptors (Lipinski definition) is 3. The van der Waals surface area contributed by atoms with E-state index in [1.807, 2.05) is 51.1 Å². The summed E-state index contributed by atoms with van der Waals surface area (Å²) in [5, 5.41) is 0. The topological polar surface area (TPSA) is 44.5 Å². The van der Waals surface area contributed by atoms with Gasteiger partial charge in [-0.1, -0.05) is 22.0 Å². The van der Waals surface area contributed by atoms with Crippen LogP contribution in [0.25, 0.3) is 0 Å². The maximum absolute atomic E-state index is 6.06. The lowest BCUT2D eigenvalue weighted by Gasteiger charge is -2.18. The Balaban J connectivity index is 2.44. The van der Waals surface area contributed by atoms with Crippen LogP contribution < -0.4 is 15.2 Å². The lowest BCUT2D eigenvalue weighted by molar-refractivity contribution is 0.397. The summed E-state index contributed by atoms with van der Waals surface area (Å²) in [5.74, 6) is 2.27. The Hall–Kier alpha value is -1.52. The molecule has 0 radical (unpaired) electrons. The van der Waals surface area contributed by atoms with E-state index in [2.05, 4.69) is 15.9 Å². The van der Waals surface area contributed by atoms with Crippen molar-refractivity contribution in [2.75, 3.05) is 7.11 Å². The molecule has 2 rings (SSSR count). The van der Waals surface area contributed by atoms with Gasteiger partial charge >= 0.3 is 0 Å². The van der Waals surface area contributed by atoms with Crippen LogP contribution in [0.1, 0.15) is 29.7 Å². The molecular weight excluding hydrogens is 330 g/mol. The summed E-state index contributed by atoms with van der Waals surface area (Å²) in [4.78, 5) is 0. The summed E-state index contributed by atoms with van der Waals surface area (Å²) >= 11 is 3.56. The fraction of sp³-hybridized carbons (Fsp3) is 0.294. The zero-order valence-corrected chi connectivity index (χ0v) is 14.3. The van der Waals surface area contributed by atoms with E-state index >= 15 is 0 Å². The van der Waals surface area contributed by atoms with Crippen molar-refractivity contribution in [2.24, 2.45) is 5.73 Å². The molecule has 0 aliphatic rings. The van der Waals surface area contributed by atoms with Gasteiger partial charge in [-0.25, -0.2) is 0 Å². The van der Waals surface area contributed by atoms with Crippen molar-refractivity contribution in [1.29, 1.82) is 0 Å². The van der Waals surface area contributed by atoms with Crippen LogP contribution >= 0.6 is 15.9 Å². The van der Waals surface area contributed by atoms with Crippen LogP contribution in [0.3, 0.4) is 0 Å². The van der Waals surface area contributed by atoms with Gasteiger partial charge in [0.25, 0.3) is 0 Å². The first-order valence-electron chi connectivity index (χ1n) is 6.81. The Morgan fingerprint density at radius 1 is 1.10 bits per heavy atom. The average molecular weight is 350 g/mol. The summed E-state index contributed by atoms with van der Waals surface area (Å²) in [7, 11) is 1.64. The SMILES string of the molecule is COc1cccc(Oc2cc(C)c(Br)c(C)c2)c1C(C)N. The first kappa shape index (κ1) is 15.9. The Morgan fingerprint density at radius 3 is 2.19 bits per heavy atom. The number of nitrogens with two attached hydrogens (primary N) is 1. The lowest BCUT2D eigenvalue weighted by Crippen LogP contribution is -2.08. The van der Waals surface area contributed by atoms with Crippen LogP contribution in [0.5, 0.6) is 17.2 Å². The summed E-state index contributed by atoms with van der Waals surface area (Å²) in [6.07, 6.45) is 0. The fourth-order valence-electron chi connectivity index (χ4n) is 2.33. The molecule has 0 saturated heterocycles. The Bertz CT molecular complexity index is 630.